The number of nitrogens with zero attached hydrogens (tertiary/aromatic N) is 2. The minimum atomic E-state index is -0.904. The van der Waals surface area contributed by atoms with Crippen molar-refractivity contribution < 1.29 is 19.5 Å². The summed E-state index contributed by atoms with van der Waals surface area (Å²) < 4.78 is 0. The number of hydrogen-bond acceptors (Lipinski definition) is 3. The standard InChI is InChI=1S/C15H24N2O4/c1-3-16(7-10(2)15(20)21)14(19)12-6-13(18)17(9-12)8-11-4-5-11/h10-12H,3-9H2,1-2H3,(H,20,21). The van der Waals surface area contributed by atoms with E-state index < -0.39 is 11.9 Å². The van der Waals surface area contributed by atoms with Crippen LogP contribution in [-0.4, -0.2) is 58.9 Å². The van der Waals surface area contributed by atoms with Gasteiger partial charge in [0, 0.05) is 32.6 Å². The maximum absolute atomic E-state index is 12.5. The summed E-state index contributed by atoms with van der Waals surface area (Å²) in [5.74, 6) is -1.21. The Kier molecular flexibility index (Phi) is 4.85. The van der Waals surface area contributed by atoms with E-state index >= 15 is 0 Å². The number of carboxylic acids is 1. The van der Waals surface area contributed by atoms with Gasteiger partial charge in [0.1, 0.15) is 0 Å². The van der Waals surface area contributed by atoms with Gasteiger partial charge in [0.2, 0.25) is 11.8 Å². The highest BCUT2D eigenvalue weighted by Gasteiger charge is 2.38. The van der Waals surface area contributed by atoms with Gasteiger partial charge in [0.05, 0.1) is 11.8 Å². The molecule has 0 bridgehead atoms. The van der Waals surface area contributed by atoms with Crippen LogP contribution >= 0.6 is 0 Å². The first kappa shape index (κ1) is 15.8. The first-order valence-corrected chi connectivity index (χ1v) is 7.71. The van der Waals surface area contributed by atoms with E-state index in [-0.39, 0.29) is 30.7 Å². The fourth-order valence-corrected chi connectivity index (χ4v) is 2.77. The highest BCUT2D eigenvalue weighted by Crippen LogP contribution is 2.32. The Balaban J connectivity index is 1.91. The molecule has 2 rings (SSSR count). The van der Waals surface area contributed by atoms with E-state index in [0.717, 1.165) is 6.54 Å². The Morgan fingerprint density at radius 3 is 2.62 bits per heavy atom. The lowest BCUT2D eigenvalue weighted by Gasteiger charge is -2.25. The molecule has 2 aliphatic rings. The molecule has 6 nitrogen and oxygen atoms in total. The van der Waals surface area contributed by atoms with Crippen molar-refractivity contribution in [2.75, 3.05) is 26.2 Å². The second-order valence-electron chi connectivity index (χ2n) is 6.26. The number of carbonyl (C=O) groups is 3. The van der Waals surface area contributed by atoms with Gasteiger partial charge in [-0.25, -0.2) is 0 Å². The summed E-state index contributed by atoms with van der Waals surface area (Å²) in [4.78, 5) is 38.7. The largest absolute Gasteiger partial charge is 0.481 e. The molecule has 2 atom stereocenters. The summed E-state index contributed by atoms with van der Waals surface area (Å²) in [7, 11) is 0. The molecule has 1 heterocycles. The summed E-state index contributed by atoms with van der Waals surface area (Å²) in [5.41, 5.74) is 0. The number of carbonyl (C=O) groups excluding carboxylic acids is 2. The zero-order valence-corrected chi connectivity index (χ0v) is 12.7. The van der Waals surface area contributed by atoms with Crippen molar-refractivity contribution in [3.63, 3.8) is 0 Å². The lowest BCUT2D eigenvalue weighted by molar-refractivity contribution is -0.144. The number of likely N-dealkylation sites (tertiary alicyclic amines) is 1. The maximum Gasteiger partial charge on any atom is 0.308 e. The van der Waals surface area contributed by atoms with Crippen molar-refractivity contribution in [2.45, 2.75) is 33.1 Å². The van der Waals surface area contributed by atoms with Crippen LogP contribution < -0.4 is 0 Å². The van der Waals surface area contributed by atoms with E-state index in [4.69, 9.17) is 5.11 Å². The van der Waals surface area contributed by atoms with Crippen LogP contribution in [0.15, 0.2) is 0 Å². The number of hydrogen-bond donors (Lipinski definition) is 1. The number of carboxylic acid groups (broad SMARTS) is 1. The summed E-state index contributed by atoms with van der Waals surface area (Å²) in [6.07, 6.45) is 2.63. The molecule has 1 aliphatic carbocycles. The van der Waals surface area contributed by atoms with Gasteiger partial charge in [-0.1, -0.05) is 6.92 Å². The lowest BCUT2D eigenvalue weighted by atomic mass is 10.1. The predicted molar refractivity (Wildman–Crippen MR) is 76.5 cm³/mol. The fourth-order valence-electron chi connectivity index (χ4n) is 2.77. The second-order valence-corrected chi connectivity index (χ2v) is 6.26. The van der Waals surface area contributed by atoms with Crippen molar-refractivity contribution in [1.82, 2.24) is 9.80 Å². The van der Waals surface area contributed by atoms with Gasteiger partial charge < -0.3 is 14.9 Å². The van der Waals surface area contributed by atoms with Crippen molar-refractivity contribution in [1.29, 1.82) is 0 Å². The van der Waals surface area contributed by atoms with Crippen molar-refractivity contribution in [2.24, 2.45) is 17.8 Å². The second kappa shape index (κ2) is 6.45. The molecule has 0 spiro atoms. The molecule has 1 aliphatic heterocycles. The van der Waals surface area contributed by atoms with Crippen LogP contribution in [0.3, 0.4) is 0 Å². The molecular weight excluding hydrogens is 272 g/mol. The van der Waals surface area contributed by atoms with Gasteiger partial charge in [0.25, 0.3) is 0 Å². The van der Waals surface area contributed by atoms with Gasteiger partial charge in [-0.2, -0.15) is 0 Å². The Morgan fingerprint density at radius 1 is 1.43 bits per heavy atom. The van der Waals surface area contributed by atoms with Gasteiger partial charge in [-0.15, -0.1) is 0 Å². The molecule has 0 aromatic rings. The molecule has 1 saturated heterocycles. The van der Waals surface area contributed by atoms with E-state index in [0.29, 0.717) is 19.0 Å². The quantitative estimate of drug-likeness (QED) is 0.754. The Morgan fingerprint density at radius 2 is 2.10 bits per heavy atom. The van der Waals surface area contributed by atoms with E-state index in [1.54, 1.807) is 16.7 Å². The topological polar surface area (TPSA) is 77.9 Å². The molecule has 1 saturated carbocycles. The highest BCUT2D eigenvalue weighted by molar-refractivity contribution is 5.89. The Hall–Kier alpha value is -1.59. The summed E-state index contributed by atoms with van der Waals surface area (Å²) in [5, 5.41) is 8.96. The van der Waals surface area contributed by atoms with Crippen LogP contribution in [0.5, 0.6) is 0 Å². The molecule has 21 heavy (non-hydrogen) atoms. The highest BCUT2D eigenvalue weighted by atomic mass is 16.4. The third-order valence-corrected chi connectivity index (χ3v) is 4.35. The van der Waals surface area contributed by atoms with Crippen LogP contribution in [-0.2, 0) is 14.4 Å². The minimum Gasteiger partial charge on any atom is -0.481 e. The molecule has 2 unspecified atom stereocenters. The van der Waals surface area contributed by atoms with Gasteiger partial charge >= 0.3 is 5.97 Å². The normalized spacial score (nSPS) is 23.2. The zero-order chi connectivity index (χ0) is 15.6. The van der Waals surface area contributed by atoms with E-state index in [1.165, 1.54) is 12.8 Å². The summed E-state index contributed by atoms with van der Waals surface area (Å²) >= 11 is 0. The lowest BCUT2D eigenvalue weighted by Crippen LogP contribution is -2.41. The summed E-state index contributed by atoms with van der Waals surface area (Å²) in [6, 6.07) is 0. The van der Waals surface area contributed by atoms with Crippen molar-refractivity contribution in [3.8, 4) is 0 Å². The Labute approximate surface area is 125 Å². The summed E-state index contributed by atoms with van der Waals surface area (Å²) in [6.45, 7) is 5.39. The Bertz CT molecular complexity index is 433. The average Bonchev–Trinajstić information content (AvgIpc) is 3.18. The maximum atomic E-state index is 12.5. The molecule has 2 fully saturated rings. The molecule has 1 N–H and O–H groups in total. The first-order chi connectivity index (χ1) is 9.92. The monoisotopic (exact) mass is 296 g/mol. The van der Waals surface area contributed by atoms with Gasteiger partial charge in [-0.3, -0.25) is 14.4 Å². The molecular formula is C15H24N2O4. The smallest absolute Gasteiger partial charge is 0.308 e. The molecule has 118 valence electrons. The van der Waals surface area contributed by atoms with Crippen LogP contribution in [0.25, 0.3) is 0 Å². The van der Waals surface area contributed by atoms with Crippen molar-refractivity contribution in [3.05, 3.63) is 0 Å². The van der Waals surface area contributed by atoms with Crippen LogP contribution in [0.2, 0.25) is 0 Å². The van der Waals surface area contributed by atoms with Crippen molar-refractivity contribution >= 4 is 17.8 Å². The fraction of sp³-hybridized carbons (Fsp3) is 0.800. The first-order valence-electron chi connectivity index (χ1n) is 7.71. The number of aliphatic carboxylic acids is 1. The molecule has 0 radical (unpaired) electrons. The zero-order valence-electron chi connectivity index (χ0n) is 12.7. The van der Waals surface area contributed by atoms with Crippen LogP contribution in [0.1, 0.15) is 33.1 Å². The number of rotatable bonds is 7. The van der Waals surface area contributed by atoms with E-state index in [2.05, 4.69) is 0 Å². The minimum absolute atomic E-state index is 0.0580. The molecule has 6 heteroatoms. The third kappa shape index (κ3) is 3.95. The third-order valence-electron chi connectivity index (χ3n) is 4.35. The predicted octanol–water partition coefficient (Wildman–Crippen LogP) is 0.814. The van der Waals surface area contributed by atoms with Gasteiger partial charge in [0.15, 0.2) is 0 Å². The molecule has 2 amide bonds. The molecule has 0 aromatic heterocycles. The number of amides is 2. The van der Waals surface area contributed by atoms with E-state index in [1.807, 2.05) is 6.92 Å². The average molecular weight is 296 g/mol. The SMILES string of the molecule is CCN(CC(C)C(=O)O)C(=O)C1CC(=O)N(CC2CC2)C1. The van der Waals surface area contributed by atoms with Gasteiger partial charge in [-0.05, 0) is 25.7 Å². The van der Waals surface area contributed by atoms with E-state index in [9.17, 15) is 14.4 Å². The molecule has 0 aromatic carbocycles. The van der Waals surface area contributed by atoms with Crippen LogP contribution in [0, 0.1) is 17.8 Å². The van der Waals surface area contributed by atoms with Crippen LogP contribution in [0.4, 0.5) is 0 Å².